The predicted molar refractivity (Wildman–Crippen MR) is 84.5 cm³/mol. The first-order chi connectivity index (χ1) is 13.1. The summed E-state index contributed by atoms with van der Waals surface area (Å²) in [6, 6.07) is 0. The Bertz CT molecular complexity index is 760. The van der Waals surface area contributed by atoms with Crippen LogP contribution in [0, 0.1) is 5.82 Å². The van der Waals surface area contributed by atoms with Gasteiger partial charge in [0.25, 0.3) is 0 Å². The number of aliphatic hydroxyl groups is 2. The Morgan fingerprint density at radius 2 is 2.28 bits per heavy atom. The van der Waals surface area contributed by atoms with E-state index in [4.69, 9.17) is 13.6 Å². The number of aromatic nitrogens is 2. The van der Waals surface area contributed by atoms with Crippen LogP contribution in [0.2, 0.25) is 0 Å². The number of anilines is 1. The second kappa shape index (κ2) is 8.37. The highest BCUT2D eigenvalue weighted by molar-refractivity contribution is 5.83. The smallest absolute Gasteiger partial charge is 0.412 e. The van der Waals surface area contributed by atoms with E-state index in [1.165, 1.54) is 0 Å². The number of carbonyl (C=O) groups excluding carboxylic acids is 1. The first kappa shape index (κ1) is 15.2. The van der Waals surface area contributed by atoms with E-state index in [9.17, 15) is 24.2 Å². The lowest BCUT2D eigenvalue weighted by atomic mass is 10.1. The van der Waals surface area contributed by atoms with Crippen LogP contribution in [0.25, 0.3) is 0 Å². The molecule has 0 spiro atoms. The molecule has 1 aromatic rings. The molecule has 25 heavy (non-hydrogen) atoms. The molecule has 9 nitrogen and oxygen atoms in total. The number of amides is 1. The number of hydrogen-bond donors (Lipinski definition) is 3. The van der Waals surface area contributed by atoms with E-state index in [1.807, 2.05) is 12.2 Å². The average Bonchev–Trinajstić information content (AvgIpc) is 2.90. The maximum Gasteiger partial charge on any atom is 0.412 e. The molecule has 1 aliphatic rings. The van der Waals surface area contributed by atoms with Crippen molar-refractivity contribution in [3.8, 4) is 0 Å². The Morgan fingerprint density at radius 3 is 2.92 bits per heavy atom. The second-order valence-electron chi connectivity index (χ2n) is 5.52. The van der Waals surface area contributed by atoms with Crippen molar-refractivity contribution in [3.63, 3.8) is 0 Å². The van der Waals surface area contributed by atoms with E-state index in [0.717, 1.165) is 12.8 Å². The van der Waals surface area contributed by atoms with Crippen molar-refractivity contribution in [1.29, 1.82) is 0 Å². The minimum Gasteiger partial charge on any atom is -0.449 e. The van der Waals surface area contributed by atoms with Crippen molar-refractivity contribution in [2.45, 2.75) is 57.6 Å². The van der Waals surface area contributed by atoms with Gasteiger partial charge in [0.05, 0.1) is 18.9 Å². The molecule has 0 unspecified atom stereocenters. The van der Waals surface area contributed by atoms with Gasteiger partial charge in [-0.3, -0.25) is 9.88 Å². The standard InChI is InChI=1S/C15H22FN3O6/c1-3-4-5-6-24-15(23)18-12-9(16)7-19(14(22)17-12)13-11(21)10(20)8(2)25-13/h7-8,10-11,13,20-21H,3-6H2,1-2H3,(H,17,18,22,23)/t8-,10-,11-,13-/m1/s1/i2D3. The third kappa shape index (κ3) is 4.53. The van der Waals surface area contributed by atoms with Crippen LogP contribution in [0.5, 0.6) is 0 Å². The maximum atomic E-state index is 14.2. The lowest BCUT2D eigenvalue weighted by molar-refractivity contribution is -0.0355. The topological polar surface area (TPSA) is 123 Å². The zero-order valence-electron chi connectivity index (χ0n) is 16.5. The van der Waals surface area contributed by atoms with Gasteiger partial charge in [0.2, 0.25) is 0 Å². The van der Waals surface area contributed by atoms with Gasteiger partial charge in [-0.25, -0.2) is 14.0 Å². The molecule has 1 amide bonds. The predicted octanol–water partition coefficient (Wildman–Crippen LogP) is 0.760. The molecule has 0 bridgehead atoms. The van der Waals surface area contributed by atoms with Crippen LogP contribution in [-0.4, -0.2) is 50.8 Å². The monoisotopic (exact) mass is 362 g/mol. The van der Waals surface area contributed by atoms with Gasteiger partial charge in [-0.05, 0) is 13.3 Å². The van der Waals surface area contributed by atoms with Gasteiger partial charge in [-0.2, -0.15) is 4.98 Å². The van der Waals surface area contributed by atoms with Gasteiger partial charge in [0, 0.05) is 4.11 Å². The summed E-state index contributed by atoms with van der Waals surface area (Å²) in [6.45, 7) is -0.679. The first-order valence-corrected chi connectivity index (χ1v) is 7.80. The second-order valence-corrected chi connectivity index (χ2v) is 5.52. The molecule has 0 aromatic carbocycles. The van der Waals surface area contributed by atoms with Crippen molar-refractivity contribution in [3.05, 3.63) is 22.5 Å². The summed E-state index contributed by atoms with van der Waals surface area (Å²) >= 11 is 0. The molecule has 1 aromatic heterocycles. The third-order valence-electron chi connectivity index (χ3n) is 3.62. The zero-order valence-corrected chi connectivity index (χ0v) is 13.5. The lowest BCUT2D eigenvalue weighted by Crippen LogP contribution is -2.36. The average molecular weight is 362 g/mol. The molecular formula is C15H22FN3O6. The summed E-state index contributed by atoms with van der Waals surface area (Å²) in [6.07, 6.45) is -5.04. The first-order valence-electron chi connectivity index (χ1n) is 9.30. The summed E-state index contributed by atoms with van der Waals surface area (Å²) in [7, 11) is 0. The molecular weight excluding hydrogens is 337 g/mol. The SMILES string of the molecule is [2H]C([2H])([2H])[C@H]1O[C@@H](n2cc(F)c(NC(=O)OCCCCC)nc2=O)[C@H](O)[C@@H]1O. The molecule has 0 aliphatic carbocycles. The Labute approximate surface area is 147 Å². The number of ether oxygens (including phenoxy) is 2. The number of nitrogens with one attached hydrogen (secondary N) is 1. The number of aliphatic hydroxyl groups excluding tert-OH is 2. The van der Waals surface area contributed by atoms with Crippen molar-refractivity contribution in [2.24, 2.45) is 0 Å². The number of carbonyl (C=O) groups is 1. The number of nitrogens with zero attached hydrogens (tertiary/aromatic N) is 2. The van der Waals surface area contributed by atoms with Crippen LogP contribution in [0.1, 0.15) is 43.4 Å². The zero-order chi connectivity index (χ0) is 21.1. The van der Waals surface area contributed by atoms with E-state index < -0.39 is 54.8 Å². The molecule has 10 heteroatoms. The molecule has 4 atom stereocenters. The Kier molecular flexibility index (Phi) is 5.10. The van der Waals surface area contributed by atoms with Crippen LogP contribution in [0.15, 0.2) is 11.0 Å². The van der Waals surface area contributed by atoms with E-state index in [1.54, 1.807) is 0 Å². The molecule has 2 rings (SSSR count). The highest BCUT2D eigenvalue weighted by atomic mass is 19.1. The molecule has 1 fully saturated rings. The molecule has 0 saturated carbocycles. The number of rotatable bonds is 6. The van der Waals surface area contributed by atoms with Crippen LogP contribution in [-0.2, 0) is 9.47 Å². The van der Waals surface area contributed by atoms with Gasteiger partial charge in [-0.1, -0.05) is 19.8 Å². The van der Waals surface area contributed by atoms with Crippen molar-refractivity contribution in [1.82, 2.24) is 9.55 Å². The lowest BCUT2D eigenvalue weighted by Gasteiger charge is -2.17. The van der Waals surface area contributed by atoms with E-state index in [-0.39, 0.29) is 6.61 Å². The third-order valence-corrected chi connectivity index (χ3v) is 3.62. The Morgan fingerprint density at radius 1 is 1.52 bits per heavy atom. The molecule has 140 valence electrons. The van der Waals surface area contributed by atoms with Crippen LogP contribution < -0.4 is 11.0 Å². The van der Waals surface area contributed by atoms with Crippen molar-refractivity contribution < 1.29 is 33.0 Å². The van der Waals surface area contributed by atoms with Crippen LogP contribution in [0.3, 0.4) is 0 Å². The van der Waals surface area contributed by atoms with E-state index in [2.05, 4.69) is 4.98 Å². The van der Waals surface area contributed by atoms with Crippen LogP contribution in [0.4, 0.5) is 15.0 Å². The Hall–Kier alpha value is -2.04. The van der Waals surface area contributed by atoms with Gasteiger partial charge >= 0.3 is 11.8 Å². The fourth-order valence-corrected chi connectivity index (χ4v) is 2.25. The minimum absolute atomic E-state index is 0.120. The number of unbranched alkanes of at least 4 members (excludes halogenated alkanes) is 2. The maximum absolute atomic E-state index is 14.2. The summed E-state index contributed by atoms with van der Waals surface area (Å²) in [4.78, 5) is 27.1. The quantitative estimate of drug-likeness (QED) is 0.638. The summed E-state index contributed by atoms with van der Waals surface area (Å²) in [5.74, 6) is -1.84. The van der Waals surface area contributed by atoms with Crippen LogP contribution >= 0.6 is 0 Å². The number of halogens is 1. The highest BCUT2D eigenvalue weighted by Crippen LogP contribution is 2.28. The normalized spacial score (nSPS) is 28.1. The largest absolute Gasteiger partial charge is 0.449 e. The molecule has 1 saturated heterocycles. The highest BCUT2D eigenvalue weighted by Gasteiger charge is 2.42. The Balaban J connectivity index is 2.14. The summed E-state index contributed by atoms with van der Waals surface area (Å²) in [5, 5.41) is 21.8. The summed E-state index contributed by atoms with van der Waals surface area (Å²) in [5.41, 5.74) is -1.13. The van der Waals surface area contributed by atoms with Gasteiger partial charge < -0.3 is 19.7 Å². The van der Waals surface area contributed by atoms with Gasteiger partial charge in [0.1, 0.15) is 12.2 Å². The fourth-order valence-electron chi connectivity index (χ4n) is 2.25. The molecule has 1 aliphatic heterocycles. The van der Waals surface area contributed by atoms with Crippen molar-refractivity contribution >= 4 is 11.9 Å². The molecule has 2 heterocycles. The minimum atomic E-state index is -2.77. The van der Waals surface area contributed by atoms with Crippen molar-refractivity contribution in [2.75, 3.05) is 11.9 Å². The number of hydrogen-bond acceptors (Lipinski definition) is 7. The fraction of sp³-hybridized carbons (Fsp3) is 0.667. The van der Waals surface area contributed by atoms with Gasteiger partial charge in [-0.15, -0.1) is 0 Å². The molecule has 0 radical (unpaired) electrons. The summed E-state index contributed by atoms with van der Waals surface area (Å²) < 4.78 is 46.5. The molecule has 3 N–H and O–H groups in total. The van der Waals surface area contributed by atoms with E-state index in [0.29, 0.717) is 17.2 Å². The van der Waals surface area contributed by atoms with E-state index >= 15 is 0 Å². The van der Waals surface area contributed by atoms with Gasteiger partial charge in [0.15, 0.2) is 17.9 Å².